The maximum atomic E-state index is 5.56. The molecule has 4 rings (SSSR count). The van der Waals surface area contributed by atoms with Gasteiger partial charge in [0.2, 0.25) is 0 Å². The minimum atomic E-state index is 0.348. The Hall–Kier alpha value is -3.00. The van der Waals surface area contributed by atoms with E-state index in [1.165, 1.54) is 0 Å². The summed E-state index contributed by atoms with van der Waals surface area (Å²) >= 11 is 0. The molecular weight excluding hydrogens is 370 g/mol. The second-order valence-electron chi connectivity index (χ2n) is 7.40. The lowest BCUT2D eigenvalue weighted by Crippen LogP contribution is -2.41. The highest BCUT2D eigenvalue weighted by Crippen LogP contribution is 2.28. The lowest BCUT2D eigenvalue weighted by Gasteiger charge is -2.33. The smallest absolute Gasteiger partial charge is 0.151 e. The first-order valence-electron chi connectivity index (χ1n) is 9.79. The van der Waals surface area contributed by atoms with Crippen molar-refractivity contribution in [2.75, 3.05) is 32.6 Å². The van der Waals surface area contributed by atoms with Crippen LogP contribution in [0, 0.1) is 0 Å². The number of aryl methyl sites for hydroxylation is 1. The van der Waals surface area contributed by atoms with Crippen molar-refractivity contribution < 1.29 is 14.0 Å². The van der Waals surface area contributed by atoms with Crippen LogP contribution in [0.1, 0.15) is 18.6 Å². The van der Waals surface area contributed by atoms with Crippen LogP contribution in [0.4, 0.5) is 5.69 Å². The van der Waals surface area contributed by atoms with Gasteiger partial charge in [-0.15, -0.1) is 0 Å². The van der Waals surface area contributed by atoms with E-state index in [2.05, 4.69) is 20.5 Å². The molecule has 3 heterocycles. The molecule has 0 saturated carbocycles. The van der Waals surface area contributed by atoms with Gasteiger partial charge >= 0.3 is 0 Å². The molecular formula is C21H27N5O3. The average molecular weight is 397 g/mol. The molecule has 2 aromatic heterocycles. The summed E-state index contributed by atoms with van der Waals surface area (Å²) in [6, 6.07) is 8.22. The topological polar surface area (TPSA) is 77.6 Å². The molecule has 0 bridgehead atoms. The van der Waals surface area contributed by atoms with Gasteiger partial charge < -0.3 is 19.3 Å². The van der Waals surface area contributed by atoms with Crippen molar-refractivity contribution in [2.45, 2.75) is 25.4 Å². The Balaban J connectivity index is 1.38. The summed E-state index contributed by atoms with van der Waals surface area (Å²) in [4.78, 5) is 2.39. The summed E-state index contributed by atoms with van der Waals surface area (Å²) in [5.41, 5.74) is 2.79. The van der Waals surface area contributed by atoms with Crippen molar-refractivity contribution in [3.05, 3.63) is 42.4 Å². The van der Waals surface area contributed by atoms with Crippen molar-refractivity contribution in [3.63, 3.8) is 0 Å². The molecule has 1 aliphatic rings. The van der Waals surface area contributed by atoms with E-state index in [0.717, 1.165) is 66.7 Å². The number of nitrogens with one attached hydrogen (secondary N) is 1. The molecule has 29 heavy (non-hydrogen) atoms. The van der Waals surface area contributed by atoms with Gasteiger partial charge in [0.05, 0.1) is 27.0 Å². The molecule has 0 aliphatic carbocycles. The highest BCUT2D eigenvalue weighted by Gasteiger charge is 2.22. The summed E-state index contributed by atoms with van der Waals surface area (Å²) in [6.07, 6.45) is 5.98. The van der Waals surface area contributed by atoms with Gasteiger partial charge in [0, 0.05) is 61.3 Å². The molecule has 1 saturated heterocycles. The van der Waals surface area contributed by atoms with Crippen LogP contribution < -0.4 is 14.8 Å². The number of rotatable bonds is 7. The molecule has 0 spiro atoms. The molecule has 8 heteroatoms. The lowest BCUT2D eigenvalue weighted by atomic mass is 10.0. The zero-order valence-electron chi connectivity index (χ0n) is 17.1. The summed E-state index contributed by atoms with van der Waals surface area (Å²) in [6.45, 7) is 2.72. The van der Waals surface area contributed by atoms with Crippen molar-refractivity contribution in [1.82, 2.24) is 19.8 Å². The van der Waals surface area contributed by atoms with E-state index in [9.17, 15) is 0 Å². The second-order valence-corrected chi connectivity index (χ2v) is 7.40. The Morgan fingerprint density at radius 2 is 1.97 bits per heavy atom. The van der Waals surface area contributed by atoms with Crippen molar-refractivity contribution in [1.29, 1.82) is 0 Å². The molecule has 1 fully saturated rings. The van der Waals surface area contributed by atoms with E-state index < -0.39 is 0 Å². The van der Waals surface area contributed by atoms with Gasteiger partial charge in [-0.2, -0.15) is 5.10 Å². The molecule has 0 unspecified atom stereocenters. The zero-order chi connectivity index (χ0) is 20.2. The highest BCUT2D eigenvalue weighted by atomic mass is 16.5. The van der Waals surface area contributed by atoms with E-state index >= 15 is 0 Å². The van der Waals surface area contributed by atoms with Gasteiger partial charge in [-0.25, -0.2) is 0 Å². The molecule has 3 aromatic rings. The molecule has 154 valence electrons. The van der Waals surface area contributed by atoms with Crippen LogP contribution in [0.25, 0.3) is 11.3 Å². The zero-order valence-corrected chi connectivity index (χ0v) is 17.1. The number of ether oxygens (including phenoxy) is 2. The van der Waals surface area contributed by atoms with Gasteiger partial charge in [-0.05, 0) is 19.4 Å². The largest absolute Gasteiger partial charge is 0.497 e. The number of likely N-dealkylation sites (tertiary alicyclic amines) is 1. The van der Waals surface area contributed by atoms with E-state index in [0.29, 0.717) is 6.04 Å². The SMILES string of the molecule is COc1cc(N[C@H]2CCCN(Cc3cc(-c4cnn(C)c4)no3)C2)cc(OC)c1. The fourth-order valence-electron chi connectivity index (χ4n) is 3.74. The van der Waals surface area contributed by atoms with Gasteiger partial charge in [-0.3, -0.25) is 9.58 Å². The first kappa shape index (κ1) is 19.3. The Labute approximate surface area is 170 Å². The van der Waals surface area contributed by atoms with Gasteiger partial charge in [0.25, 0.3) is 0 Å². The van der Waals surface area contributed by atoms with Crippen LogP contribution in [0.2, 0.25) is 0 Å². The van der Waals surface area contributed by atoms with Gasteiger partial charge in [0.1, 0.15) is 17.2 Å². The third kappa shape index (κ3) is 4.71. The van der Waals surface area contributed by atoms with Crippen LogP contribution in [-0.4, -0.2) is 53.2 Å². The number of benzene rings is 1. The van der Waals surface area contributed by atoms with E-state index in [4.69, 9.17) is 14.0 Å². The number of anilines is 1. The Morgan fingerprint density at radius 3 is 2.66 bits per heavy atom. The second kappa shape index (κ2) is 8.57. The number of nitrogens with zero attached hydrogens (tertiary/aromatic N) is 4. The molecule has 1 aliphatic heterocycles. The lowest BCUT2D eigenvalue weighted by molar-refractivity contribution is 0.187. The van der Waals surface area contributed by atoms with E-state index in [1.54, 1.807) is 25.1 Å². The van der Waals surface area contributed by atoms with Crippen LogP contribution >= 0.6 is 0 Å². The van der Waals surface area contributed by atoms with Crippen LogP contribution in [0.3, 0.4) is 0 Å². The number of aromatic nitrogens is 3. The first-order chi connectivity index (χ1) is 14.1. The van der Waals surface area contributed by atoms with Crippen molar-refractivity contribution in [2.24, 2.45) is 7.05 Å². The first-order valence-corrected chi connectivity index (χ1v) is 9.79. The monoisotopic (exact) mass is 397 g/mol. The van der Waals surface area contributed by atoms with E-state index in [-0.39, 0.29) is 0 Å². The van der Waals surface area contributed by atoms with Gasteiger partial charge in [-0.1, -0.05) is 5.16 Å². The highest BCUT2D eigenvalue weighted by molar-refractivity contribution is 5.56. The Kier molecular flexibility index (Phi) is 5.71. The van der Waals surface area contributed by atoms with Crippen LogP contribution in [0.5, 0.6) is 11.5 Å². The average Bonchev–Trinajstić information content (AvgIpc) is 3.36. The van der Waals surface area contributed by atoms with Crippen LogP contribution in [-0.2, 0) is 13.6 Å². The Bertz CT molecular complexity index is 929. The molecule has 1 aromatic carbocycles. The molecule has 1 N–H and O–H groups in total. The minimum Gasteiger partial charge on any atom is -0.497 e. The number of piperidine rings is 1. The summed E-state index contributed by atoms with van der Waals surface area (Å²) < 4.78 is 18.1. The normalized spacial score (nSPS) is 17.3. The predicted octanol–water partition coefficient (Wildman–Crippen LogP) is 3.17. The predicted molar refractivity (Wildman–Crippen MR) is 110 cm³/mol. The quantitative estimate of drug-likeness (QED) is 0.656. The summed E-state index contributed by atoms with van der Waals surface area (Å²) in [5, 5.41) is 12.0. The standard InChI is InChI=1S/C21H27N5O3/c1-25-12-15(11-22-25)21-10-20(29-24-21)14-26-6-4-5-16(13-26)23-17-7-18(27-2)9-19(8-17)28-3/h7-12,16,23H,4-6,13-14H2,1-3H3/t16-/m0/s1. The van der Waals surface area contributed by atoms with Crippen molar-refractivity contribution >= 4 is 5.69 Å². The van der Waals surface area contributed by atoms with E-state index in [1.807, 2.05) is 37.5 Å². The number of hydrogen-bond donors (Lipinski definition) is 1. The maximum Gasteiger partial charge on any atom is 0.151 e. The third-order valence-corrected chi connectivity index (χ3v) is 5.17. The van der Waals surface area contributed by atoms with Crippen molar-refractivity contribution in [3.8, 4) is 22.8 Å². The molecule has 1 atom stereocenters. The fourth-order valence-corrected chi connectivity index (χ4v) is 3.74. The molecule has 8 nitrogen and oxygen atoms in total. The maximum absolute atomic E-state index is 5.56. The Morgan fingerprint density at radius 1 is 1.17 bits per heavy atom. The molecule has 0 radical (unpaired) electrons. The summed E-state index contributed by atoms with van der Waals surface area (Å²) in [7, 11) is 5.22. The summed E-state index contributed by atoms with van der Waals surface area (Å²) in [5.74, 6) is 2.43. The fraction of sp³-hybridized carbons (Fsp3) is 0.429. The number of hydrogen-bond acceptors (Lipinski definition) is 7. The third-order valence-electron chi connectivity index (χ3n) is 5.17. The molecule has 0 amide bonds. The minimum absolute atomic E-state index is 0.348. The van der Waals surface area contributed by atoms with Gasteiger partial charge in [0.15, 0.2) is 5.76 Å². The van der Waals surface area contributed by atoms with Crippen LogP contribution in [0.15, 0.2) is 41.2 Å². The number of methoxy groups -OCH3 is 2.